The second kappa shape index (κ2) is 7.42. The van der Waals surface area contributed by atoms with Crippen molar-refractivity contribution in [1.29, 1.82) is 0 Å². The standard InChI is InChI=1S/C19H24FN5S/c1-14-22-17(13-26-14)11-24-10-16(20)7-18(24)12-23(2)9-15-8-21-25-6-4-3-5-19(15)25/h3-6,8,13,16,18H,7,9-12H2,1-2H3/t16-,18-/m0/s1. The lowest BCUT2D eigenvalue weighted by molar-refractivity contribution is 0.179. The molecule has 1 fully saturated rings. The van der Waals surface area contributed by atoms with Gasteiger partial charge in [-0.1, -0.05) is 6.07 Å². The van der Waals surface area contributed by atoms with Crippen molar-refractivity contribution >= 4 is 16.9 Å². The zero-order valence-electron chi connectivity index (χ0n) is 15.2. The Morgan fingerprint density at radius 3 is 3.08 bits per heavy atom. The number of hydrogen-bond acceptors (Lipinski definition) is 5. The Morgan fingerprint density at radius 1 is 1.38 bits per heavy atom. The maximum absolute atomic E-state index is 14.1. The zero-order valence-corrected chi connectivity index (χ0v) is 16.0. The van der Waals surface area contributed by atoms with E-state index >= 15 is 0 Å². The largest absolute Gasteiger partial charge is 0.300 e. The van der Waals surface area contributed by atoms with E-state index in [0.29, 0.717) is 13.0 Å². The highest BCUT2D eigenvalue weighted by molar-refractivity contribution is 7.09. The number of pyridine rings is 1. The summed E-state index contributed by atoms with van der Waals surface area (Å²) in [5, 5.41) is 7.55. The summed E-state index contributed by atoms with van der Waals surface area (Å²) in [7, 11) is 2.10. The number of likely N-dealkylation sites (N-methyl/N-ethyl adjacent to an activating group) is 1. The van der Waals surface area contributed by atoms with Gasteiger partial charge < -0.3 is 4.90 Å². The predicted molar refractivity (Wildman–Crippen MR) is 102 cm³/mol. The first-order valence-electron chi connectivity index (χ1n) is 8.97. The summed E-state index contributed by atoms with van der Waals surface area (Å²) in [6.07, 6.45) is 3.74. The predicted octanol–water partition coefficient (Wildman–Crippen LogP) is 3.14. The highest BCUT2D eigenvalue weighted by Gasteiger charge is 2.33. The van der Waals surface area contributed by atoms with Gasteiger partial charge in [0.2, 0.25) is 0 Å². The number of nitrogens with zero attached hydrogens (tertiary/aromatic N) is 5. The first kappa shape index (κ1) is 17.6. The Labute approximate surface area is 157 Å². The van der Waals surface area contributed by atoms with Crippen molar-refractivity contribution in [2.75, 3.05) is 20.1 Å². The highest BCUT2D eigenvalue weighted by atomic mass is 32.1. The fraction of sp³-hybridized carbons (Fsp3) is 0.474. The molecule has 4 heterocycles. The molecule has 138 valence electrons. The van der Waals surface area contributed by atoms with E-state index in [1.54, 1.807) is 11.3 Å². The minimum Gasteiger partial charge on any atom is -0.300 e. The molecule has 0 N–H and O–H groups in total. The van der Waals surface area contributed by atoms with E-state index in [-0.39, 0.29) is 6.04 Å². The van der Waals surface area contributed by atoms with Crippen molar-refractivity contribution in [2.24, 2.45) is 0 Å². The summed E-state index contributed by atoms with van der Waals surface area (Å²) < 4.78 is 16.0. The average Bonchev–Trinajstić information content (AvgIpc) is 3.29. The number of rotatable bonds is 6. The van der Waals surface area contributed by atoms with Gasteiger partial charge in [0.15, 0.2) is 0 Å². The zero-order chi connectivity index (χ0) is 18.1. The highest BCUT2D eigenvalue weighted by Crippen LogP contribution is 2.24. The van der Waals surface area contributed by atoms with Crippen LogP contribution in [0.25, 0.3) is 5.52 Å². The van der Waals surface area contributed by atoms with Crippen LogP contribution in [0.15, 0.2) is 36.0 Å². The van der Waals surface area contributed by atoms with Crippen LogP contribution in [0.2, 0.25) is 0 Å². The normalized spacial score (nSPS) is 21.2. The molecule has 0 bridgehead atoms. The van der Waals surface area contributed by atoms with Crippen molar-refractivity contribution in [3.05, 3.63) is 52.2 Å². The molecule has 1 saturated heterocycles. The fourth-order valence-corrected chi connectivity index (χ4v) is 4.42. The van der Waals surface area contributed by atoms with E-state index in [1.165, 1.54) is 5.56 Å². The number of likely N-dealkylation sites (tertiary alicyclic amines) is 1. The molecule has 1 aliphatic heterocycles. The Kier molecular flexibility index (Phi) is 5.02. The quantitative estimate of drug-likeness (QED) is 0.665. The summed E-state index contributed by atoms with van der Waals surface area (Å²) in [6, 6.07) is 6.31. The molecule has 26 heavy (non-hydrogen) atoms. The maximum atomic E-state index is 14.1. The Balaban J connectivity index is 1.41. The molecule has 3 aromatic rings. The van der Waals surface area contributed by atoms with Crippen LogP contribution in [0, 0.1) is 6.92 Å². The molecule has 0 aromatic carbocycles. The van der Waals surface area contributed by atoms with Crippen LogP contribution in [-0.2, 0) is 13.1 Å². The summed E-state index contributed by atoms with van der Waals surface area (Å²) in [4.78, 5) is 9.05. The third kappa shape index (κ3) is 3.79. The van der Waals surface area contributed by atoms with Gasteiger partial charge in [0, 0.05) is 49.4 Å². The Hall–Kier alpha value is -1.83. The molecule has 5 nitrogen and oxygen atoms in total. The van der Waals surface area contributed by atoms with Gasteiger partial charge in [-0.3, -0.25) is 4.90 Å². The molecule has 0 unspecified atom stereocenters. The fourth-order valence-electron chi connectivity index (χ4n) is 3.82. The molecule has 0 aliphatic carbocycles. The van der Waals surface area contributed by atoms with Gasteiger partial charge >= 0.3 is 0 Å². The van der Waals surface area contributed by atoms with Gasteiger partial charge in [-0.2, -0.15) is 5.10 Å². The molecule has 0 spiro atoms. The van der Waals surface area contributed by atoms with Crippen LogP contribution in [0.1, 0.15) is 22.7 Å². The third-order valence-electron chi connectivity index (χ3n) is 4.98. The molecule has 7 heteroatoms. The third-order valence-corrected chi connectivity index (χ3v) is 5.80. The van der Waals surface area contributed by atoms with Crippen molar-refractivity contribution < 1.29 is 4.39 Å². The number of hydrogen-bond donors (Lipinski definition) is 0. The lowest BCUT2D eigenvalue weighted by Crippen LogP contribution is -2.38. The number of thiazole rings is 1. The molecule has 3 aromatic heterocycles. The Morgan fingerprint density at radius 2 is 2.27 bits per heavy atom. The van der Waals surface area contributed by atoms with Crippen LogP contribution in [-0.4, -0.2) is 56.7 Å². The summed E-state index contributed by atoms with van der Waals surface area (Å²) in [6.45, 7) is 4.90. The van der Waals surface area contributed by atoms with Crippen LogP contribution >= 0.6 is 11.3 Å². The van der Waals surface area contributed by atoms with Crippen LogP contribution in [0.4, 0.5) is 4.39 Å². The van der Waals surface area contributed by atoms with Gasteiger partial charge in [-0.05, 0) is 32.5 Å². The molecule has 0 amide bonds. The molecule has 1 aliphatic rings. The van der Waals surface area contributed by atoms with E-state index in [2.05, 4.69) is 38.4 Å². The van der Waals surface area contributed by atoms with Gasteiger partial charge in [0.05, 0.1) is 22.4 Å². The van der Waals surface area contributed by atoms with Crippen molar-refractivity contribution in [3.63, 3.8) is 0 Å². The van der Waals surface area contributed by atoms with Crippen LogP contribution < -0.4 is 0 Å². The minimum absolute atomic E-state index is 0.221. The van der Waals surface area contributed by atoms with Crippen LogP contribution in [0.3, 0.4) is 0 Å². The van der Waals surface area contributed by atoms with E-state index in [4.69, 9.17) is 0 Å². The first-order valence-corrected chi connectivity index (χ1v) is 9.85. The van der Waals surface area contributed by atoms with Gasteiger partial charge in [0.25, 0.3) is 0 Å². The van der Waals surface area contributed by atoms with Gasteiger partial charge in [-0.15, -0.1) is 11.3 Å². The lowest BCUT2D eigenvalue weighted by atomic mass is 10.2. The number of aromatic nitrogens is 3. The topological polar surface area (TPSA) is 36.7 Å². The lowest BCUT2D eigenvalue weighted by Gasteiger charge is -2.27. The molecule has 0 radical (unpaired) electrons. The SMILES string of the molecule is Cc1nc(CN2C[C@@H](F)C[C@H]2CN(C)Cc2cnn3ccccc23)cs1. The monoisotopic (exact) mass is 373 g/mol. The smallest absolute Gasteiger partial charge is 0.114 e. The van der Waals surface area contributed by atoms with Crippen molar-refractivity contribution in [1.82, 2.24) is 24.4 Å². The van der Waals surface area contributed by atoms with Crippen molar-refractivity contribution in [2.45, 2.75) is 38.6 Å². The number of fused-ring (bicyclic) bond motifs is 1. The molecular formula is C19H24FN5S. The van der Waals surface area contributed by atoms with Crippen LogP contribution in [0.5, 0.6) is 0 Å². The molecule has 2 atom stereocenters. The summed E-state index contributed by atoms with van der Waals surface area (Å²) in [5.41, 5.74) is 3.38. The number of halogens is 1. The Bertz CT molecular complexity index is 876. The second-order valence-electron chi connectivity index (χ2n) is 7.17. The second-order valence-corrected chi connectivity index (χ2v) is 8.23. The van der Waals surface area contributed by atoms with E-state index < -0.39 is 6.17 Å². The van der Waals surface area contributed by atoms with E-state index in [1.807, 2.05) is 36.0 Å². The number of aryl methyl sites for hydroxylation is 1. The van der Waals surface area contributed by atoms with Gasteiger partial charge in [0.1, 0.15) is 6.17 Å². The maximum Gasteiger partial charge on any atom is 0.114 e. The van der Waals surface area contributed by atoms with Gasteiger partial charge in [-0.25, -0.2) is 13.9 Å². The first-order chi connectivity index (χ1) is 12.6. The van der Waals surface area contributed by atoms with E-state index in [0.717, 1.165) is 35.9 Å². The average molecular weight is 374 g/mol. The van der Waals surface area contributed by atoms with E-state index in [9.17, 15) is 4.39 Å². The van der Waals surface area contributed by atoms with Crippen molar-refractivity contribution in [3.8, 4) is 0 Å². The molecule has 0 saturated carbocycles. The minimum atomic E-state index is -0.745. The molecular weight excluding hydrogens is 349 g/mol. The summed E-state index contributed by atoms with van der Waals surface area (Å²) in [5.74, 6) is 0. The molecule has 4 rings (SSSR count). The number of alkyl halides is 1. The summed E-state index contributed by atoms with van der Waals surface area (Å²) >= 11 is 1.66.